The smallest absolute Gasteiger partial charge is 0.150 e. The van der Waals surface area contributed by atoms with Crippen molar-refractivity contribution < 1.29 is 4.79 Å². The number of rotatable bonds is 2. The number of aldehydes is 1. The minimum atomic E-state index is 0.0496. The number of hydrogen-bond donors (Lipinski definition) is 0. The van der Waals surface area contributed by atoms with Gasteiger partial charge in [0.25, 0.3) is 0 Å². The second-order valence-corrected chi connectivity index (χ2v) is 5.10. The van der Waals surface area contributed by atoms with Crippen LogP contribution in [0.5, 0.6) is 0 Å². The topological polar surface area (TPSA) is 34.9 Å². The average Bonchev–Trinajstić information content (AvgIpc) is 2.78. The van der Waals surface area contributed by atoms with Crippen molar-refractivity contribution >= 4 is 6.29 Å². The van der Waals surface area contributed by atoms with Crippen molar-refractivity contribution in [1.82, 2.24) is 9.78 Å². The van der Waals surface area contributed by atoms with Crippen LogP contribution < -0.4 is 0 Å². The summed E-state index contributed by atoms with van der Waals surface area (Å²) in [5.41, 5.74) is 2.74. The molecule has 0 fully saturated rings. The molecule has 3 nitrogen and oxygen atoms in total. The quantitative estimate of drug-likeness (QED) is 0.741. The average molecular weight is 228 g/mol. The predicted octanol–water partition coefficient (Wildman–Crippen LogP) is 2.98. The molecule has 1 aromatic heterocycles. The first-order valence-corrected chi connectivity index (χ1v) is 5.62. The van der Waals surface area contributed by atoms with Crippen LogP contribution in [-0.4, -0.2) is 16.1 Å². The molecule has 1 heterocycles. The maximum atomic E-state index is 10.6. The molecule has 0 aliphatic heterocycles. The number of nitrogens with zero attached hydrogens (tertiary/aromatic N) is 2. The predicted molar refractivity (Wildman–Crippen MR) is 67.7 cm³/mol. The Morgan fingerprint density at radius 3 is 2.24 bits per heavy atom. The number of carbonyl (C=O) groups is 1. The van der Waals surface area contributed by atoms with Gasteiger partial charge in [-0.3, -0.25) is 4.79 Å². The maximum Gasteiger partial charge on any atom is 0.150 e. The Balaban J connectivity index is 2.33. The largest absolute Gasteiger partial charge is 0.298 e. The summed E-state index contributed by atoms with van der Waals surface area (Å²) in [5, 5.41) is 4.54. The van der Waals surface area contributed by atoms with Crippen LogP contribution in [0.25, 0.3) is 5.69 Å². The molecule has 3 heteroatoms. The van der Waals surface area contributed by atoms with E-state index in [1.54, 1.807) is 12.1 Å². The lowest BCUT2D eigenvalue weighted by Gasteiger charge is -2.14. The Morgan fingerprint density at radius 1 is 1.12 bits per heavy atom. The van der Waals surface area contributed by atoms with Gasteiger partial charge in [0.15, 0.2) is 0 Å². The summed E-state index contributed by atoms with van der Waals surface area (Å²) in [6.45, 7) is 6.40. The fraction of sp³-hybridized carbons (Fsp3) is 0.286. The van der Waals surface area contributed by atoms with Crippen LogP contribution in [0.15, 0.2) is 36.5 Å². The molecule has 0 aliphatic carbocycles. The van der Waals surface area contributed by atoms with Crippen LogP contribution in [0.2, 0.25) is 0 Å². The number of benzene rings is 1. The zero-order valence-electron chi connectivity index (χ0n) is 10.3. The van der Waals surface area contributed by atoms with E-state index in [0.29, 0.717) is 5.56 Å². The SMILES string of the molecule is CC(C)(C)c1ccn(-c2ccc(C=O)cc2)n1. The second kappa shape index (κ2) is 4.17. The molecule has 17 heavy (non-hydrogen) atoms. The molecule has 0 aliphatic rings. The van der Waals surface area contributed by atoms with Gasteiger partial charge in [0.2, 0.25) is 0 Å². The Bertz CT molecular complexity index is 518. The Morgan fingerprint density at radius 2 is 1.76 bits per heavy atom. The van der Waals surface area contributed by atoms with Crippen LogP contribution in [0.3, 0.4) is 0 Å². The van der Waals surface area contributed by atoms with E-state index in [2.05, 4.69) is 25.9 Å². The molecule has 2 rings (SSSR count). The molecule has 0 saturated carbocycles. The summed E-state index contributed by atoms with van der Waals surface area (Å²) in [4.78, 5) is 10.6. The minimum absolute atomic E-state index is 0.0496. The van der Waals surface area contributed by atoms with Crippen LogP contribution >= 0.6 is 0 Å². The van der Waals surface area contributed by atoms with Crippen molar-refractivity contribution in [2.45, 2.75) is 26.2 Å². The number of carbonyl (C=O) groups excluding carboxylic acids is 1. The Labute approximate surface area is 101 Å². The first-order valence-electron chi connectivity index (χ1n) is 5.62. The van der Waals surface area contributed by atoms with Gasteiger partial charge in [-0.05, 0) is 30.3 Å². The highest BCUT2D eigenvalue weighted by molar-refractivity contribution is 5.75. The van der Waals surface area contributed by atoms with Crippen molar-refractivity contribution in [2.24, 2.45) is 0 Å². The molecular weight excluding hydrogens is 212 g/mol. The van der Waals surface area contributed by atoms with Gasteiger partial charge in [0, 0.05) is 17.2 Å². The molecule has 88 valence electrons. The first-order chi connectivity index (χ1) is 8.00. The molecule has 0 bridgehead atoms. The normalized spacial score (nSPS) is 11.5. The van der Waals surface area contributed by atoms with Gasteiger partial charge in [-0.25, -0.2) is 4.68 Å². The summed E-state index contributed by atoms with van der Waals surface area (Å²) in [6.07, 6.45) is 2.78. The molecule has 0 unspecified atom stereocenters. The van der Waals surface area contributed by atoms with E-state index >= 15 is 0 Å². The fourth-order valence-corrected chi connectivity index (χ4v) is 1.57. The summed E-state index contributed by atoms with van der Waals surface area (Å²) < 4.78 is 1.83. The van der Waals surface area contributed by atoms with E-state index in [9.17, 15) is 4.79 Å². The van der Waals surface area contributed by atoms with E-state index in [1.807, 2.05) is 29.1 Å². The summed E-state index contributed by atoms with van der Waals surface area (Å²) in [6, 6.07) is 9.39. The van der Waals surface area contributed by atoms with E-state index < -0.39 is 0 Å². The van der Waals surface area contributed by atoms with Crippen LogP contribution in [0.4, 0.5) is 0 Å². The highest BCUT2D eigenvalue weighted by atomic mass is 16.1. The van der Waals surface area contributed by atoms with E-state index in [0.717, 1.165) is 17.7 Å². The van der Waals surface area contributed by atoms with E-state index in [1.165, 1.54) is 0 Å². The summed E-state index contributed by atoms with van der Waals surface area (Å²) in [5.74, 6) is 0. The molecule has 0 amide bonds. The van der Waals surface area contributed by atoms with Crippen LogP contribution in [0, 0.1) is 0 Å². The van der Waals surface area contributed by atoms with E-state index in [4.69, 9.17) is 0 Å². The fourth-order valence-electron chi connectivity index (χ4n) is 1.57. The lowest BCUT2D eigenvalue weighted by atomic mass is 9.93. The van der Waals surface area contributed by atoms with Crippen molar-refractivity contribution in [1.29, 1.82) is 0 Å². The zero-order chi connectivity index (χ0) is 12.5. The summed E-state index contributed by atoms with van der Waals surface area (Å²) >= 11 is 0. The van der Waals surface area contributed by atoms with Gasteiger partial charge in [-0.15, -0.1) is 0 Å². The first kappa shape index (κ1) is 11.6. The Hall–Kier alpha value is -1.90. The zero-order valence-corrected chi connectivity index (χ0v) is 10.3. The third-order valence-corrected chi connectivity index (χ3v) is 2.65. The molecule has 0 spiro atoms. The van der Waals surface area contributed by atoms with Gasteiger partial charge in [0.1, 0.15) is 6.29 Å². The van der Waals surface area contributed by atoms with Crippen molar-refractivity contribution in [3.63, 3.8) is 0 Å². The summed E-state index contributed by atoms with van der Waals surface area (Å²) in [7, 11) is 0. The van der Waals surface area contributed by atoms with Crippen molar-refractivity contribution in [3.05, 3.63) is 47.8 Å². The molecule has 1 aromatic carbocycles. The van der Waals surface area contributed by atoms with Crippen LogP contribution in [0.1, 0.15) is 36.8 Å². The molecule has 0 N–H and O–H groups in total. The lowest BCUT2D eigenvalue weighted by molar-refractivity contribution is 0.112. The number of hydrogen-bond acceptors (Lipinski definition) is 2. The molecular formula is C14H16N2O. The Kier molecular flexibility index (Phi) is 2.84. The number of aromatic nitrogens is 2. The third kappa shape index (κ3) is 2.44. The lowest BCUT2D eigenvalue weighted by Crippen LogP contribution is -2.12. The van der Waals surface area contributed by atoms with Crippen LogP contribution in [-0.2, 0) is 5.41 Å². The van der Waals surface area contributed by atoms with Gasteiger partial charge in [0.05, 0.1) is 11.4 Å². The van der Waals surface area contributed by atoms with Crippen molar-refractivity contribution in [3.8, 4) is 5.69 Å². The van der Waals surface area contributed by atoms with Crippen molar-refractivity contribution in [2.75, 3.05) is 0 Å². The minimum Gasteiger partial charge on any atom is -0.298 e. The molecule has 2 aromatic rings. The molecule has 0 atom stereocenters. The van der Waals surface area contributed by atoms with Gasteiger partial charge < -0.3 is 0 Å². The molecule has 0 saturated heterocycles. The monoisotopic (exact) mass is 228 g/mol. The highest BCUT2D eigenvalue weighted by Crippen LogP contribution is 2.20. The molecule has 0 radical (unpaired) electrons. The highest BCUT2D eigenvalue weighted by Gasteiger charge is 2.16. The standard InChI is InChI=1S/C14H16N2O/c1-14(2,3)13-8-9-16(15-13)12-6-4-11(10-17)5-7-12/h4-10H,1-3H3. The maximum absolute atomic E-state index is 10.6. The van der Waals surface area contributed by atoms with Gasteiger partial charge >= 0.3 is 0 Å². The second-order valence-electron chi connectivity index (χ2n) is 5.10. The van der Waals surface area contributed by atoms with Gasteiger partial charge in [-0.2, -0.15) is 5.10 Å². The third-order valence-electron chi connectivity index (χ3n) is 2.65. The van der Waals surface area contributed by atoms with Gasteiger partial charge in [-0.1, -0.05) is 20.8 Å². The van der Waals surface area contributed by atoms with E-state index in [-0.39, 0.29) is 5.41 Å².